The van der Waals surface area contributed by atoms with E-state index in [4.69, 9.17) is 22.1 Å². The number of halogens is 1. The second-order valence-electron chi connectivity index (χ2n) is 5.65. The molecule has 6 heteroatoms. The summed E-state index contributed by atoms with van der Waals surface area (Å²) in [5, 5.41) is 0.370. The molecule has 0 saturated heterocycles. The molecule has 1 heterocycles. The van der Waals surface area contributed by atoms with E-state index in [1.165, 1.54) is 23.8 Å². The number of fused-ring (bicyclic) bond motifs is 1. The molecule has 5 nitrogen and oxygen atoms in total. The Labute approximate surface area is 145 Å². The fraction of sp³-hybridized carbons (Fsp3) is 0.222. The van der Waals surface area contributed by atoms with E-state index in [1.54, 1.807) is 4.90 Å². The van der Waals surface area contributed by atoms with E-state index < -0.39 is 5.97 Å². The summed E-state index contributed by atoms with van der Waals surface area (Å²) in [6.07, 6.45) is 0.809. The van der Waals surface area contributed by atoms with Crippen molar-refractivity contribution in [2.75, 3.05) is 18.9 Å². The maximum atomic E-state index is 12.3. The molecule has 0 radical (unpaired) electrons. The van der Waals surface area contributed by atoms with Gasteiger partial charge in [0.25, 0.3) is 5.91 Å². The minimum Gasteiger partial charge on any atom is -0.452 e. The van der Waals surface area contributed by atoms with Crippen molar-refractivity contribution in [2.45, 2.75) is 13.0 Å². The number of rotatable bonds is 3. The number of nitrogen functional groups attached to an aromatic ring is 1. The highest BCUT2D eigenvalue weighted by Crippen LogP contribution is 2.20. The van der Waals surface area contributed by atoms with Crippen LogP contribution >= 0.6 is 11.6 Å². The maximum absolute atomic E-state index is 12.3. The molecule has 0 unspecified atom stereocenters. The molecule has 2 N–H and O–H groups in total. The first-order valence-corrected chi connectivity index (χ1v) is 7.99. The summed E-state index contributed by atoms with van der Waals surface area (Å²) in [5.74, 6) is -0.802. The quantitative estimate of drug-likeness (QED) is 0.686. The van der Waals surface area contributed by atoms with Gasteiger partial charge in [-0.05, 0) is 35.7 Å². The Kier molecular flexibility index (Phi) is 4.71. The van der Waals surface area contributed by atoms with Crippen molar-refractivity contribution >= 4 is 29.2 Å². The molecule has 0 aliphatic carbocycles. The lowest BCUT2D eigenvalue weighted by Gasteiger charge is -2.28. The molecule has 1 aliphatic rings. The van der Waals surface area contributed by atoms with Gasteiger partial charge < -0.3 is 15.4 Å². The van der Waals surface area contributed by atoms with Crippen LogP contribution in [-0.4, -0.2) is 29.9 Å². The number of anilines is 1. The number of carbonyl (C=O) groups is 2. The third-order valence-corrected chi connectivity index (χ3v) is 4.39. The number of nitrogens with two attached hydrogens (primary N) is 1. The van der Waals surface area contributed by atoms with Crippen molar-refractivity contribution in [2.24, 2.45) is 0 Å². The molecule has 1 amide bonds. The largest absolute Gasteiger partial charge is 0.452 e. The van der Waals surface area contributed by atoms with Gasteiger partial charge in [0.2, 0.25) is 0 Å². The Hall–Kier alpha value is -2.53. The number of hydrogen-bond donors (Lipinski definition) is 1. The van der Waals surface area contributed by atoms with Crippen LogP contribution in [0.5, 0.6) is 0 Å². The van der Waals surface area contributed by atoms with Crippen molar-refractivity contribution in [1.29, 1.82) is 0 Å². The van der Waals surface area contributed by atoms with Gasteiger partial charge >= 0.3 is 5.97 Å². The fourth-order valence-electron chi connectivity index (χ4n) is 2.68. The van der Waals surface area contributed by atoms with Gasteiger partial charge in [0, 0.05) is 13.1 Å². The highest BCUT2D eigenvalue weighted by molar-refractivity contribution is 6.33. The minimum absolute atomic E-state index is 0.209. The zero-order chi connectivity index (χ0) is 17.1. The summed E-state index contributed by atoms with van der Waals surface area (Å²) >= 11 is 5.82. The summed E-state index contributed by atoms with van der Waals surface area (Å²) in [6, 6.07) is 12.5. The van der Waals surface area contributed by atoms with Crippen LogP contribution in [0.4, 0.5) is 5.69 Å². The summed E-state index contributed by atoms with van der Waals surface area (Å²) in [7, 11) is 0. The van der Waals surface area contributed by atoms with Gasteiger partial charge in [0.15, 0.2) is 6.61 Å². The zero-order valence-electron chi connectivity index (χ0n) is 13.0. The fourth-order valence-corrected chi connectivity index (χ4v) is 2.80. The third kappa shape index (κ3) is 3.51. The van der Waals surface area contributed by atoms with Crippen LogP contribution in [-0.2, 0) is 22.5 Å². The SMILES string of the molecule is Nc1cc(C(=O)OCC(=O)N2CCc3ccccc3C2)ccc1Cl. The van der Waals surface area contributed by atoms with Crippen LogP contribution in [0.3, 0.4) is 0 Å². The third-order valence-electron chi connectivity index (χ3n) is 4.04. The number of hydrogen-bond acceptors (Lipinski definition) is 4. The Morgan fingerprint density at radius 1 is 1.17 bits per heavy atom. The van der Waals surface area contributed by atoms with E-state index in [9.17, 15) is 9.59 Å². The summed E-state index contributed by atoms with van der Waals surface area (Å²) in [5.41, 5.74) is 8.62. The second kappa shape index (κ2) is 6.93. The number of ether oxygens (including phenoxy) is 1. The molecule has 1 aliphatic heterocycles. The smallest absolute Gasteiger partial charge is 0.338 e. The highest BCUT2D eigenvalue weighted by Gasteiger charge is 2.21. The molecule has 2 aromatic carbocycles. The monoisotopic (exact) mass is 344 g/mol. The molecule has 3 rings (SSSR count). The van der Waals surface area contributed by atoms with Crippen molar-refractivity contribution < 1.29 is 14.3 Å². The van der Waals surface area contributed by atoms with E-state index in [0.29, 0.717) is 23.8 Å². The molecule has 24 heavy (non-hydrogen) atoms. The van der Waals surface area contributed by atoms with Crippen molar-refractivity contribution in [1.82, 2.24) is 4.90 Å². The number of nitrogens with zero attached hydrogens (tertiary/aromatic N) is 1. The van der Waals surface area contributed by atoms with Gasteiger partial charge in [-0.2, -0.15) is 0 Å². The lowest BCUT2D eigenvalue weighted by atomic mass is 10.00. The Morgan fingerprint density at radius 3 is 2.67 bits per heavy atom. The Bertz CT molecular complexity index is 792. The van der Waals surface area contributed by atoms with Crippen LogP contribution < -0.4 is 5.73 Å². The van der Waals surface area contributed by atoms with Crippen LogP contribution in [0.1, 0.15) is 21.5 Å². The summed E-state index contributed by atoms with van der Waals surface area (Å²) in [6.45, 7) is 0.880. The standard InChI is InChI=1S/C18H17ClN2O3/c19-15-6-5-13(9-16(15)20)18(23)24-11-17(22)21-8-7-12-3-1-2-4-14(12)10-21/h1-6,9H,7-8,10-11,20H2. The molecule has 124 valence electrons. The average Bonchev–Trinajstić information content (AvgIpc) is 2.61. The highest BCUT2D eigenvalue weighted by atomic mass is 35.5. The van der Waals surface area contributed by atoms with Crippen molar-refractivity contribution in [3.05, 3.63) is 64.2 Å². The lowest BCUT2D eigenvalue weighted by molar-refractivity contribution is -0.135. The van der Waals surface area contributed by atoms with E-state index in [-0.39, 0.29) is 18.1 Å². The predicted octanol–water partition coefficient (Wildman–Crippen LogP) is 2.66. The van der Waals surface area contributed by atoms with E-state index in [1.807, 2.05) is 18.2 Å². The van der Waals surface area contributed by atoms with Crippen LogP contribution in [0.15, 0.2) is 42.5 Å². The zero-order valence-corrected chi connectivity index (χ0v) is 13.8. The number of amides is 1. The van der Waals surface area contributed by atoms with Gasteiger partial charge in [0.05, 0.1) is 16.3 Å². The van der Waals surface area contributed by atoms with Crippen molar-refractivity contribution in [3.63, 3.8) is 0 Å². The van der Waals surface area contributed by atoms with E-state index >= 15 is 0 Å². The molecular weight excluding hydrogens is 328 g/mol. The van der Waals surface area contributed by atoms with Gasteiger partial charge in [-0.3, -0.25) is 4.79 Å². The van der Waals surface area contributed by atoms with Gasteiger partial charge in [0.1, 0.15) is 0 Å². The molecule has 0 saturated carbocycles. The number of carbonyl (C=O) groups excluding carboxylic acids is 2. The molecule has 0 spiro atoms. The van der Waals surface area contributed by atoms with Gasteiger partial charge in [-0.1, -0.05) is 35.9 Å². The molecular formula is C18H17ClN2O3. The molecule has 0 fully saturated rings. The van der Waals surface area contributed by atoms with E-state index in [2.05, 4.69) is 6.07 Å². The van der Waals surface area contributed by atoms with Crippen LogP contribution in [0.2, 0.25) is 5.02 Å². The second-order valence-corrected chi connectivity index (χ2v) is 6.05. The average molecular weight is 345 g/mol. The lowest BCUT2D eigenvalue weighted by Crippen LogP contribution is -2.38. The number of benzene rings is 2. The van der Waals surface area contributed by atoms with Gasteiger partial charge in [-0.15, -0.1) is 0 Å². The summed E-state index contributed by atoms with van der Waals surface area (Å²) in [4.78, 5) is 26.0. The molecule has 0 aromatic heterocycles. The molecule has 2 aromatic rings. The maximum Gasteiger partial charge on any atom is 0.338 e. The van der Waals surface area contributed by atoms with Crippen LogP contribution in [0.25, 0.3) is 0 Å². The first kappa shape index (κ1) is 16.3. The summed E-state index contributed by atoms with van der Waals surface area (Å²) < 4.78 is 5.10. The van der Waals surface area contributed by atoms with Gasteiger partial charge in [-0.25, -0.2) is 4.79 Å². The normalized spacial score (nSPS) is 13.3. The predicted molar refractivity (Wildman–Crippen MR) is 91.7 cm³/mol. The van der Waals surface area contributed by atoms with E-state index in [0.717, 1.165) is 12.0 Å². The number of esters is 1. The first-order valence-electron chi connectivity index (χ1n) is 7.61. The minimum atomic E-state index is -0.593. The Morgan fingerprint density at radius 2 is 1.92 bits per heavy atom. The Balaban J connectivity index is 1.58. The van der Waals surface area contributed by atoms with Crippen LogP contribution in [0, 0.1) is 0 Å². The molecule has 0 bridgehead atoms. The first-order chi connectivity index (χ1) is 11.5. The topological polar surface area (TPSA) is 72.6 Å². The molecule has 0 atom stereocenters. The van der Waals surface area contributed by atoms with Crippen molar-refractivity contribution in [3.8, 4) is 0 Å².